The second kappa shape index (κ2) is 6.06. The van der Waals surface area contributed by atoms with Gasteiger partial charge in [-0.15, -0.1) is 0 Å². The van der Waals surface area contributed by atoms with E-state index in [2.05, 4.69) is 5.32 Å². The average Bonchev–Trinajstić information content (AvgIpc) is 2.83. The third-order valence-corrected chi connectivity index (χ3v) is 3.70. The number of benzene rings is 1. The fourth-order valence-corrected chi connectivity index (χ4v) is 2.61. The van der Waals surface area contributed by atoms with Gasteiger partial charge in [0.25, 0.3) is 0 Å². The lowest BCUT2D eigenvalue weighted by Crippen LogP contribution is -2.45. The minimum Gasteiger partial charge on any atom is -0.388 e. The SMILES string of the molecule is CN(CC1(O)CCCC1)C(=O)NCc1ccccc1. The van der Waals surface area contributed by atoms with Crippen molar-refractivity contribution in [3.63, 3.8) is 0 Å². The highest BCUT2D eigenvalue weighted by Crippen LogP contribution is 2.29. The first kappa shape index (κ1) is 13.9. The molecule has 1 saturated carbocycles. The molecule has 0 atom stereocenters. The van der Waals surface area contributed by atoms with Gasteiger partial charge in [0.05, 0.1) is 12.1 Å². The van der Waals surface area contributed by atoms with Crippen molar-refractivity contribution in [2.75, 3.05) is 13.6 Å². The summed E-state index contributed by atoms with van der Waals surface area (Å²) >= 11 is 0. The first-order chi connectivity index (χ1) is 9.09. The molecule has 0 heterocycles. The van der Waals surface area contributed by atoms with Gasteiger partial charge < -0.3 is 15.3 Å². The molecule has 1 aromatic carbocycles. The van der Waals surface area contributed by atoms with E-state index in [4.69, 9.17) is 0 Å². The Labute approximate surface area is 114 Å². The molecule has 1 aromatic rings. The van der Waals surface area contributed by atoms with Gasteiger partial charge in [-0.2, -0.15) is 0 Å². The number of amides is 2. The molecule has 4 nitrogen and oxygen atoms in total. The van der Waals surface area contributed by atoms with Gasteiger partial charge in [0.15, 0.2) is 0 Å². The zero-order valence-corrected chi connectivity index (χ0v) is 11.4. The Morgan fingerprint density at radius 3 is 2.58 bits per heavy atom. The van der Waals surface area contributed by atoms with Gasteiger partial charge >= 0.3 is 6.03 Å². The molecule has 4 heteroatoms. The van der Waals surface area contributed by atoms with Crippen LogP contribution in [-0.4, -0.2) is 35.2 Å². The fourth-order valence-electron chi connectivity index (χ4n) is 2.61. The Morgan fingerprint density at radius 2 is 1.95 bits per heavy atom. The number of aliphatic hydroxyl groups is 1. The maximum atomic E-state index is 12.0. The second-order valence-corrected chi connectivity index (χ2v) is 5.43. The minimum absolute atomic E-state index is 0.135. The first-order valence-corrected chi connectivity index (χ1v) is 6.84. The number of hydrogen-bond donors (Lipinski definition) is 2. The van der Waals surface area contributed by atoms with Crippen LogP contribution in [0.25, 0.3) is 0 Å². The zero-order valence-electron chi connectivity index (χ0n) is 11.4. The third kappa shape index (κ3) is 3.96. The lowest BCUT2D eigenvalue weighted by Gasteiger charge is -2.28. The smallest absolute Gasteiger partial charge is 0.317 e. The summed E-state index contributed by atoms with van der Waals surface area (Å²) in [6.07, 6.45) is 3.69. The summed E-state index contributed by atoms with van der Waals surface area (Å²) in [5, 5.41) is 13.1. The van der Waals surface area contributed by atoms with E-state index in [1.54, 1.807) is 11.9 Å². The molecule has 0 bridgehead atoms. The summed E-state index contributed by atoms with van der Waals surface area (Å²) < 4.78 is 0. The van der Waals surface area contributed by atoms with Crippen LogP contribution in [0, 0.1) is 0 Å². The molecule has 0 unspecified atom stereocenters. The molecule has 1 aliphatic carbocycles. The second-order valence-electron chi connectivity index (χ2n) is 5.43. The molecule has 0 saturated heterocycles. The number of carbonyl (C=O) groups excluding carboxylic acids is 1. The van der Waals surface area contributed by atoms with E-state index in [1.165, 1.54) is 0 Å². The van der Waals surface area contributed by atoms with E-state index in [1.807, 2.05) is 30.3 Å². The van der Waals surface area contributed by atoms with E-state index in [9.17, 15) is 9.90 Å². The summed E-state index contributed by atoms with van der Waals surface area (Å²) in [6.45, 7) is 0.927. The van der Waals surface area contributed by atoms with Gasteiger partial charge in [-0.1, -0.05) is 43.2 Å². The number of nitrogens with zero attached hydrogens (tertiary/aromatic N) is 1. The Bertz CT molecular complexity index is 413. The largest absolute Gasteiger partial charge is 0.388 e. The zero-order chi connectivity index (χ0) is 13.7. The highest BCUT2D eigenvalue weighted by molar-refractivity contribution is 5.73. The minimum atomic E-state index is -0.682. The molecule has 0 radical (unpaired) electrons. The van der Waals surface area contributed by atoms with E-state index in [0.717, 1.165) is 31.2 Å². The van der Waals surface area contributed by atoms with Gasteiger partial charge in [-0.05, 0) is 18.4 Å². The molecule has 1 aliphatic rings. The number of nitrogens with one attached hydrogen (secondary N) is 1. The van der Waals surface area contributed by atoms with Crippen molar-refractivity contribution in [1.82, 2.24) is 10.2 Å². The summed E-state index contributed by atoms with van der Waals surface area (Å²) in [5.41, 5.74) is 0.391. The van der Waals surface area contributed by atoms with Crippen LogP contribution in [0.1, 0.15) is 31.2 Å². The van der Waals surface area contributed by atoms with Crippen LogP contribution < -0.4 is 5.32 Å². The number of rotatable bonds is 4. The lowest BCUT2D eigenvalue weighted by molar-refractivity contribution is 0.0247. The van der Waals surface area contributed by atoms with Crippen LogP contribution in [0.15, 0.2) is 30.3 Å². The number of urea groups is 1. The Kier molecular flexibility index (Phi) is 4.43. The van der Waals surface area contributed by atoms with Gasteiger partial charge in [0, 0.05) is 13.6 Å². The van der Waals surface area contributed by atoms with Gasteiger partial charge in [0.2, 0.25) is 0 Å². The predicted octanol–water partition coefficient (Wildman–Crippen LogP) is 2.13. The molecule has 2 rings (SSSR count). The maximum absolute atomic E-state index is 12.0. The predicted molar refractivity (Wildman–Crippen MR) is 74.7 cm³/mol. The summed E-state index contributed by atoms with van der Waals surface area (Å²) in [5.74, 6) is 0. The topological polar surface area (TPSA) is 52.6 Å². The number of carbonyl (C=O) groups is 1. The standard InChI is InChI=1S/C15H22N2O2/c1-17(12-15(19)9-5-6-10-15)14(18)16-11-13-7-3-2-4-8-13/h2-4,7-8,19H,5-6,9-12H2,1H3,(H,16,18). The van der Waals surface area contributed by atoms with Crippen molar-refractivity contribution in [2.24, 2.45) is 0 Å². The molecule has 2 amide bonds. The Balaban J connectivity index is 1.79. The summed E-state index contributed by atoms with van der Waals surface area (Å²) in [4.78, 5) is 13.5. The molecule has 19 heavy (non-hydrogen) atoms. The van der Waals surface area contributed by atoms with E-state index in [-0.39, 0.29) is 6.03 Å². The molecule has 0 aliphatic heterocycles. The average molecular weight is 262 g/mol. The molecule has 104 valence electrons. The first-order valence-electron chi connectivity index (χ1n) is 6.84. The quantitative estimate of drug-likeness (QED) is 0.873. The van der Waals surface area contributed by atoms with Crippen LogP contribution >= 0.6 is 0 Å². The highest BCUT2D eigenvalue weighted by atomic mass is 16.3. The molecule has 0 aromatic heterocycles. The van der Waals surface area contributed by atoms with Crippen molar-refractivity contribution < 1.29 is 9.90 Å². The van der Waals surface area contributed by atoms with Crippen molar-refractivity contribution in [1.29, 1.82) is 0 Å². The van der Waals surface area contributed by atoms with Crippen LogP contribution in [0.4, 0.5) is 4.79 Å². The van der Waals surface area contributed by atoms with E-state index < -0.39 is 5.60 Å². The van der Waals surface area contributed by atoms with Crippen LogP contribution in [0.5, 0.6) is 0 Å². The highest BCUT2D eigenvalue weighted by Gasteiger charge is 2.33. The van der Waals surface area contributed by atoms with Crippen LogP contribution in [-0.2, 0) is 6.54 Å². The van der Waals surface area contributed by atoms with Gasteiger partial charge in [0.1, 0.15) is 0 Å². The van der Waals surface area contributed by atoms with E-state index >= 15 is 0 Å². The van der Waals surface area contributed by atoms with Crippen molar-refractivity contribution in [3.8, 4) is 0 Å². The maximum Gasteiger partial charge on any atom is 0.317 e. The van der Waals surface area contributed by atoms with E-state index in [0.29, 0.717) is 13.1 Å². The monoisotopic (exact) mass is 262 g/mol. The van der Waals surface area contributed by atoms with Crippen LogP contribution in [0.2, 0.25) is 0 Å². The van der Waals surface area contributed by atoms with Crippen molar-refractivity contribution >= 4 is 6.03 Å². The Hall–Kier alpha value is -1.55. The van der Waals surface area contributed by atoms with Gasteiger partial charge in [-0.25, -0.2) is 4.79 Å². The van der Waals surface area contributed by atoms with Crippen molar-refractivity contribution in [2.45, 2.75) is 37.8 Å². The number of likely N-dealkylation sites (N-methyl/N-ethyl adjacent to an activating group) is 1. The molecule has 1 fully saturated rings. The Morgan fingerprint density at radius 1 is 1.32 bits per heavy atom. The number of hydrogen-bond acceptors (Lipinski definition) is 2. The molecule has 0 spiro atoms. The third-order valence-electron chi connectivity index (χ3n) is 3.70. The van der Waals surface area contributed by atoms with Gasteiger partial charge in [-0.3, -0.25) is 0 Å². The molecular formula is C15H22N2O2. The lowest BCUT2D eigenvalue weighted by atomic mass is 10.0. The molecule has 2 N–H and O–H groups in total. The van der Waals surface area contributed by atoms with Crippen molar-refractivity contribution in [3.05, 3.63) is 35.9 Å². The molecular weight excluding hydrogens is 240 g/mol. The van der Waals surface area contributed by atoms with Crippen LogP contribution in [0.3, 0.4) is 0 Å². The summed E-state index contributed by atoms with van der Waals surface area (Å²) in [6, 6.07) is 9.67. The normalized spacial score (nSPS) is 17.2. The fraction of sp³-hybridized carbons (Fsp3) is 0.533. The summed E-state index contributed by atoms with van der Waals surface area (Å²) in [7, 11) is 1.73.